The van der Waals surface area contributed by atoms with Crippen LogP contribution in [0.25, 0.3) is 0 Å². The molecule has 0 atom stereocenters. The van der Waals surface area contributed by atoms with Gasteiger partial charge in [0.05, 0.1) is 6.42 Å². The standard InChI is InChI=1S/C7H4BrNO3/c8-6-2-1-5(11-6)4-3-7(10)12-9-4/h1-2H,3H2. The first-order valence-electron chi connectivity index (χ1n) is 3.28. The van der Waals surface area contributed by atoms with Gasteiger partial charge in [0, 0.05) is 0 Å². The Bertz CT molecular complexity index is 355. The maximum atomic E-state index is 10.6. The lowest BCUT2D eigenvalue weighted by Gasteiger charge is -1.87. The minimum absolute atomic E-state index is 0.181. The van der Waals surface area contributed by atoms with Gasteiger partial charge >= 0.3 is 5.97 Å². The highest BCUT2D eigenvalue weighted by molar-refractivity contribution is 9.10. The molecule has 0 spiro atoms. The number of rotatable bonds is 1. The van der Waals surface area contributed by atoms with Gasteiger partial charge in [-0.25, -0.2) is 4.79 Å². The van der Waals surface area contributed by atoms with Crippen molar-refractivity contribution in [3.05, 3.63) is 22.6 Å². The summed E-state index contributed by atoms with van der Waals surface area (Å²) in [6, 6.07) is 3.46. The quantitative estimate of drug-likeness (QED) is 0.689. The fraction of sp³-hybridized carbons (Fsp3) is 0.143. The van der Waals surface area contributed by atoms with Crippen LogP contribution in [-0.2, 0) is 9.63 Å². The summed E-state index contributed by atoms with van der Waals surface area (Å²) in [5.41, 5.74) is 0.533. The molecule has 0 radical (unpaired) electrons. The molecular weight excluding hydrogens is 226 g/mol. The predicted octanol–water partition coefficient (Wildman–Crippen LogP) is 1.69. The number of carbonyl (C=O) groups is 1. The Labute approximate surface area is 76.3 Å². The average molecular weight is 230 g/mol. The highest BCUT2D eigenvalue weighted by Gasteiger charge is 2.21. The molecule has 0 unspecified atom stereocenters. The second-order valence-electron chi connectivity index (χ2n) is 2.28. The molecule has 2 heterocycles. The van der Waals surface area contributed by atoms with Crippen molar-refractivity contribution in [2.24, 2.45) is 5.16 Å². The molecule has 5 heteroatoms. The Morgan fingerprint density at radius 1 is 1.50 bits per heavy atom. The molecule has 1 aromatic heterocycles. The summed E-state index contributed by atoms with van der Waals surface area (Å²) >= 11 is 3.15. The zero-order valence-electron chi connectivity index (χ0n) is 5.91. The van der Waals surface area contributed by atoms with Crippen LogP contribution in [0.1, 0.15) is 12.2 Å². The van der Waals surface area contributed by atoms with E-state index in [9.17, 15) is 4.79 Å². The van der Waals surface area contributed by atoms with E-state index in [1.165, 1.54) is 0 Å². The number of furan rings is 1. The van der Waals surface area contributed by atoms with Gasteiger partial charge in [-0.15, -0.1) is 0 Å². The summed E-state index contributed by atoms with van der Waals surface area (Å²) in [6.07, 6.45) is 0.181. The molecule has 0 saturated heterocycles. The van der Waals surface area contributed by atoms with E-state index < -0.39 is 0 Å². The number of carbonyl (C=O) groups excluding carboxylic acids is 1. The topological polar surface area (TPSA) is 51.8 Å². The molecule has 12 heavy (non-hydrogen) atoms. The van der Waals surface area contributed by atoms with Crippen molar-refractivity contribution in [1.29, 1.82) is 0 Å². The first-order chi connectivity index (χ1) is 5.75. The van der Waals surface area contributed by atoms with E-state index in [0.717, 1.165) is 0 Å². The lowest BCUT2D eigenvalue weighted by Crippen LogP contribution is -1.98. The SMILES string of the molecule is O=C1CC(c2ccc(Br)o2)=NO1. The van der Waals surface area contributed by atoms with Gasteiger partial charge < -0.3 is 9.25 Å². The molecule has 1 aromatic rings. The fourth-order valence-electron chi connectivity index (χ4n) is 0.909. The van der Waals surface area contributed by atoms with E-state index >= 15 is 0 Å². The third kappa shape index (κ3) is 1.27. The zero-order chi connectivity index (χ0) is 8.55. The van der Waals surface area contributed by atoms with E-state index in [-0.39, 0.29) is 12.4 Å². The molecule has 0 N–H and O–H groups in total. The van der Waals surface area contributed by atoms with Crippen molar-refractivity contribution in [3.8, 4) is 0 Å². The largest absolute Gasteiger partial charge is 0.448 e. The third-order valence-corrected chi connectivity index (χ3v) is 1.85. The van der Waals surface area contributed by atoms with Crippen LogP contribution >= 0.6 is 15.9 Å². The van der Waals surface area contributed by atoms with Crippen LogP contribution in [0, 0.1) is 0 Å². The van der Waals surface area contributed by atoms with Gasteiger partial charge in [0.15, 0.2) is 10.4 Å². The molecule has 1 aliphatic heterocycles. The maximum absolute atomic E-state index is 10.6. The maximum Gasteiger partial charge on any atom is 0.341 e. The summed E-state index contributed by atoms with van der Waals surface area (Å²) in [6.45, 7) is 0. The van der Waals surface area contributed by atoms with Gasteiger partial charge in [0.1, 0.15) is 5.71 Å². The van der Waals surface area contributed by atoms with Gasteiger partial charge in [-0.05, 0) is 28.1 Å². The van der Waals surface area contributed by atoms with Crippen molar-refractivity contribution >= 4 is 27.6 Å². The molecule has 0 amide bonds. The summed E-state index contributed by atoms with van der Waals surface area (Å²) in [7, 11) is 0. The van der Waals surface area contributed by atoms with Gasteiger partial charge in [0.25, 0.3) is 0 Å². The number of halogens is 1. The van der Waals surface area contributed by atoms with Crippen molar-refractivity contribution < 1.29 is 14.0 Å². The minimum Gasteiger partial charge on any atom is -0.448 e. The van der Waals surface area contributed by atoms with E-state index in [2.05, 4.69) is 25.9 Å². The van der Waals surface area contributed by atoms with Crippen molar-refractivity contribution in [2.45, 2.75) is 6.42 Å². The van der Waals surface area contributed by atoms with E-state index in [4.69, 9.17) is 4.42 Å². The normalized spacial score (nSPS) is 16.1. The van der Waals surface area contributed by atoms with Gasteiger partial charge in [0.2, 0.25) is 0 Å². The highest BCUT2D eigenvalue weighted by Crippen LogP contribution is 2.18. The lowest BCUT2D eigenvalue weighted by molar-refractivity contribution is -0.140. The molecule has 0 saturated carbocycles. The molecule has 1 aliphatic rings. The number of hydrogen-bond donors (Lipinski definition) is 0. The Hall–Kier alpha value is -1.10. The molecule has 2 rings (SSSR count). The summed E-state index contributed by atoms with van der Waals surface area (Å²) in [5, 5.41) is 3.55. The van der Waals surface area contributed by atoms with Crippen molar-refractivity contribution in [2.75, 3.05) is 0 Å². The second-order valence-corrected chi connectivity index (χ2v) is 3.06. The fourth-order valence-corrected chi connectivity index (χ4v) is 1.22. The Balaban J connectivity index is 2.27. The van der Waals surface area contributed by atoms with Crippen LogP contribution in [-0.4, -0.2) is 11.7 Å². The third-order valence-electron chi connectivity index (χ3n) is 1.43. The molecule has 62 valence electrons. The van der Waals surface area contributed by atoms with Crippen molar-refractivity contribution in [1.82, 2.24) is 0 Å². The highest BCUT2D eigenvalue weighted by atomic mass is 79.9. The molecule has 0 fully saturated rings. The van der Waals surface area contributed by atoms with E-state index in [0.29, 0.717) is 16.1 Å². The van der Waals surface area contributed by atoms with Crippen LogP contribution in [0.4, 0.5) is 0 Å². The molecular formula is C7H4BrNO3. The second kappa shape index (κ2) is 2.75. The summed E-state index contributed by atoms with van der Waals surface area (Å²) in [5.74, 6) is 0.213. The summed E-state index contributed by atoms with van der Waals surface area (Å²) in [4.78, 5) is 15.0. The zero-order valence-corrected chi connectivity index (χ0v) is 7.50. The first-order valence-corrected chi connectivity index (χ1v) is 4.07. The lowest BCUT2D eigenvalue weighted by atomic mass is 10.2. The average Bonchev–Trinajstić information content (AvgIpc) is 2.58. The Morgan fingerprint density at radius 2 is 2.33 bits per heavy atom. The Kier molecular flexibility index (Phi) is 1.73. The molecule has 4 nitrogen and oxygen atoms in total. The van der Waals surface area contributed by atoms with Crippen LogP contribution in [0.15, 0.2) is 26.4 Å². The summed E-state index contributed by atoms with van der Waals surface area (Å²) < 4.78 is 5.78. The number of nitrogens with zero attached hydrogens (tertiary/aromatic N) is 1. The smallest absolute Gasteiger partial charge is 0.341 e. The molecule has 0 aliphatic carbocycles. The predicted molar refractivity (Wildman–Crippen MR) is 43.7 cm³/mol. The van der Waals surface area contributed by atoms with Crippen LogP contribution in [0.5, 0.6) is 0 Å². The monoisotopic (exact) mass is 229 g/mol. The minimum atomic E-state index is -0.350. The molecule has 0 bridgehead atoms. The van der Waals surface area contributed by atoms with Crippen LogP contribution in [0.3, 0.4) is 0 Å². The van der Waals surface area contributed by atoms with Crippen molar-refractivity contribution in [3.63, 3.8) is 0 Å². The van der Waals surface area contributed by atoms with E-state index in [1.54, 1.807) is 12.1 Å². The number of oxime groups is 1. The van der Waals surface area contributed by atoms with E-state index in [1.807, 2.05) is 0 Å². The van der Waals surface area contributed by atoms with Crippen LogP contribution < -0.4 is 0 Å². The van der Waals surface area contributed by atoms with Gasteiger partial charge in [-0.3, -0.25) is 0 Å². The first kappa shape index (κ1) is 7.54. The van der Waals surface area contributed by atoms with Gasteiger partial charge in [-0.2, -0.15) is 0 Å². The molecule has 0 aromatic carbocycles. The number of hydrogen-bond acceptors (Lipinski definition) is 4. The van der Waals surface area contributed by atoms with Gasteiger partial charge in [-0.1, -0.05) is 5.16 Å². The van der Waals surface area contributed by atoms with Crippen LogP contribution in [0.2, 0.25) is 0 Å². The Morgan fingerprint density at radius 3 is 2.83 bits per heavy atom.